The lowest BCUT2D eigenvalue weighted by Crippen LogP contribution is -2.60. The number of carbonyl (C=O) groups excluding carboxylic acids is 1. The number of fused-ring (bicyclic) bond motifs is 1. The molecule has 0 aromatic carbocycles. The number of hydrogen-bond acceptors (Lipinski definition) is 2. The first-order valence-electron chi connectivity index (χ1n) is 6.28. The molecule has 1 amide bonds. The van der Waals surface area contributed by atoms with E-state index in [0.717, 1.165) is 13.1 Å². The van der Waals surface area contributed by atoms with E-state index >= 15 is 0 Å². The first kappa shape index (κ1) is 12.4. The summed E-state index contributed by atoms with van der Waals surface area (Å²) in [6.07, 6.45) is 3.90. The lowest BCUT2D eigenvalue weighted by molar-refractivity contribution is -0.137. The summed E-state index contributed by atoms with van der Waals surface area (Å²) < 4.78 is 0. The van der Waals surface area contributed by atoms with Crippen LogP contribution in [0.4, 0.5) is 0 Å². The van der Waals surface area contributed by atoms with Gasteiger partial charge in [-0.3, -0.25) is 9.69 Å². The average molecular weight is 289 g/mol. The first-order chi connectivity index (χ1) is 7.59. The van der Waals surface area contributed by atoms with Crippen molar-refractivity contribution in [1.29, 1.82) is 0 Å². The molecule has 2 rings (SSSR count). The number of amides is 1. The van der Waals surface area contributed by atoms with Crippen LogP contribution in [0.3, 0.4) is 0 Å². The quantitative estimate of drug-likeness (QED) is 0.688. The van der Waals surface area contributed by atoms with Gasteiger partial charge in [-0.1, -0.05) is 22.4 Å². The Bertz CT molecular complexity index is 270. The highest BCUT2D eigenvalue weighted by Crippen LogP contribution is 2.24. The van der Waals surface area contributed by atoms with Gasteiger partial charge in [0.2, 0.25) is 5.91 Å². The summed E-state index contributed by atoms with van der Waals surface area (Å²) in [5.41, 5.74) is 0. The van der Waals surface area contributed by atoms with Crippen molar-refractivity contribution >= 4 is 21.8 Å². The van der Waals surface area contributed by atoms with Gasteiger partial charge < -0.3 is 4.90 Å². The van der Waals surface area contributed by atoms with Gasteiger partial charge in [0.25, 0.3) is 0 Å². The van der Waals surface area contributed by atoms with E-state index in [1.807, 2.05) is 6.92 Å². The lowest BCUT2D eigenvalue weighted by Gasteiger charge is -2.47. The second kappa shape index (κ2) is 5.05. The molecule has 0 radical (unpaired) electrons. The molecule has 3 atom stereocenters. The summed E-state index contributed by atoms with van der Waals surface area (Å²) >= 11 is 3.39. The summed E-state index contributed by atoms with van der Waals surface area (Å²) in [4.78, 5) is 16.6. The molecule has 0 aromatic heterocycles. The van der Waals surface area contributed by atoms with Crippen molar-refractivity contribution in [1.82, 2.24) is 9.80 Å². The lowest BCUT2D eigenvalue weighted by atomic mass is 9.97. The SMILES string of the molecule is CC(Br)C(=O)N1CC2CCCCN2CC1C. The van der Waals surface area contributed by atoms with Crippen LogP contribution in [0.25, 0.3) is 0 Å². The molecular formula is C12H21BrN2O. The number of halogens is 1. The summed E-state index contributed by atoms with van der Waals surface area (Å²) in [5.74, 6) is 0.248. The molecule has 3 nitrogen and oxygen atoms in total. The van der Waals surface area contributed by atoms with E-state index in [1.165, 1.54) is 25.8 Å². The topological polar surface area (TPSA) is 23.6 Å². The largest absolute Gasteiger partial charge is 0.336 e. The molecule has 2 fully saturated rings. The van der Waals surface area contributed by atoms with Crippen molar-refractivity contribution in [3.05, 3.63) is 0 Å². The number of piperidine rings is 1. The molecule has 2 heterocycles. The van der Waals surface area contributed by atoms with Gasteiger partial charge in [-0.2, -0.15) is 0 Å². The van der Waals surface area contributed by atoms with Gasteiger partial charge in [0.15, 0.2) is 0 Å². The number of piperazine rings is 1. The summed E-state index contributed by atoms with van der Waals surface area (Å²) in [7, 11) is 0. The zero-order valence-corrected chi connectivity index (χ0v) is 11.7. The molecule has 2 aliphatic rings. The average Bonchev–Trinajstić information content (AvgIpc) is 2.27. The molecule has 92 valence electrons. The van der Waals surface area contributed by atoms with Crippen LogP contribution in [-0.4, -0.2) is 52.3 Å². The predicted octanol–water partition coefficient (Wildman–Crippen LogP) is 1.85. The standard InChI is InChI=1S/C12H21BrN2O/c1-9-7-14-6-4-3-5-11(14)8-15(9)12(16)10(2)13/h9-11H,3-8H2,1-2H3. The Kier molecular flexibility index (Phi) is 3.90. The summed E-state index contributed by atoms with van der Waals surface area (Å²) in [6, 6.07) is 0.974. The Morgan fingerprint density at radius 2 is 2.12 bits per heavy atom. The van der Waals surface area contributed by atoms with Crippen molar-refractivity contribution in [2.24, 2.45) is 0 Å². The normalized spacial score (nSPS) is 33.3. The fourth-order valence-corrected chi connectivity index (χ4v) is 3.15. The van der Waals surface area contributed by atoms with Crippen molar-refractivity contribution < 1.29 is 4.79 Å². The van der Waals surface area contributed by atoms with E-state index < -0.39 is 0 Å². The molecule has 0 N–H and O–H groups in total. The molecular weight excluding hydrogens is 268 g/mol. The minimum Gasteiger partial charge on any atom is -0.336 e. The van der Waals surface area contributed by atoms with Crippen LogP contribution in [0.15, 0.2) is 0 Å². The maximum Gasteiger partial charge on any atom is 0.236 e. The third kappa shape index (κ3) is 2.43. The Balaban J connectivity index is 2.03. The van der Waals surface area contributed by atoms with Crippen LogP contribution in [0.2, 0.25) is 0 Å². The molecule has 3 unspecified atom stereocenters. The van der Waals surface area contributed by atoms with E-state index in [2.05, 4.69) is 32.7 Å². The smallest absolute Gasteiger partial charge is 0.236 e. The fraction of sp³-hybridized carbons (Fsp3) is 0.917. The molecule has 2 saturated heterocycles. The third-order valence-electron chi connectivity index (χ3n) is 3.81. The summed E-state index contributed by atoms with van der Waals surface area (Å²) in [6.45, 7) is 7.29. The fourth-order valence-electron chi connectivity index (χ4n) is 2.89. The first-order valence-corrected chi connectivity index (χ1v) is 7.19. The molecule has 0 saturated carbocycles. The molecule has 16 heavy (non-hydrogen) atoms. The van der Waals surface area contributed by atoms with Gasteiger partial charge in [0.05, 0.1) is 4.83 Å². The maximum absolute atomic E-state index is 12.0. The van der Waals surface area contributed by atoms with Crippen LogP contribution in [0.1, 0.15) is 33.1 Å². The Morgan fingerprint density at radius 1 is 1.38 bits per heavy atom. The number of alkyl halides is 1. The van der Waals surface area contributed by atoms with Crippen molar-refractivity contribution in [3.63, 3.8) is 0 Å². The van der Waals surface area contributed by atoms with Gasteiger partial charge in [-0.05, 0) is 33.2 Å². The predicted molar refractivity (Wildman–Crippen MR) is 68.8 cm³/mol. The van der Waals surface area contributed by atoms with Crippen LogP contribution in [-0.2, 0) is 4.79 Å². The van der Waals surface area contributed by atoms with E-state index in [0.29, 0.717) is 12.1 Å². The van der Waals surface area contributed by atoms with E-state index in [-0.39, 0.29) is 10.7 Å². The minimum absolute atomic E-state index is 0.0508. The van der Waals surface area contributed by atoms with E-state index in [9.17, 15) is 4.79 Å². The number of nitrogens with zero attached hydrogens (tertiary/aromatic N) is 2. The van der Waals surface area contributed by atoms with E-state index in [1.54, 1.807) is 0 Å². The van der Waals surface area contributed by atoms with Crippen LogP contribution < -0.4 is 0 Å². The van der Waals surface area contributed by atoms with Gasteiger partial charge in [0, 0.05) is 25.2 Å². The van der Waals surface area contributed by atoms with Gasteiger partial charge in [-0.15, -0.1) is 0 Å². The van der Waals surface area contributed by atoms with E-state index in [4.69, 9.17) is 0 Å². The van der Waals surface area contributed by atoms with Crippen LogP contribution in [0, 0.1) is 0 Å². The minimum atomic E-state index is -0.0508. The highest BCUT2D eigenvalue weighted by atomic mass is 79.9. The molecule has 0 bridgehead atoms. The molecule has 0 spiro atoms. The molecule has 0 aromatic rings. The maximum atomic E-state index is 12.0. The van der Waals surface area contributed by atoms with Crippen molar-refractivity contribution in [2.75, 3.05) is 19.6 Å². The zero-order valence-electron chi connectivity index (χ0n) is 10.2. The van der Waals surface area contributed by atoms with Gasteiger partial charge in [-0.25, -0.2) is 0 Å². The zero-order chi connectivity index (χ0) is 11.7. The number of hydrogen-bond donors (Lipinski definition) is 0. The van der Waals surface area contributed by atoms with Crippen LogP contribution >= 0.6 is 15.9 Å². The third-order valence-corrected chi connectivity index (χ3v) is 4.20. The second-order valence-electron chi connectivity index (χ2n) is 5.10. The van der Waals surface area contributed by atoms with Gasteiger partial charge >= 0.3 is 0 Å². The molecule has 2 aliphatic heterocycles. The molecule has 4 heteroatoms. The van der Waals surface area contributed by atoms with Crippen molar-refractivity contribution in [2.45, 2.75) is 50.0 Å². The highest BCUT2D eigenvalue weighted by Gasteiger charge is 2.35. The number of rotatable bonds is 1. The monoisotopic (exact) mass is 288 g/mol. The highest BCUT2D eigenvalue weighted by molar-refractivity contribution is 9.10. The summed E-state index contributed by atoms with van der Waals surface area (Å²) in [5, 5.41) is 0. The van der Waals surface area contributed by atoms with Crippen molar-refractivity contribution in [3.8, 4) is 0 Å². The van der Waals surface area contributed by atoms with Gasteiger partial charge in [0.1, 0.15) is 0 Å². The number of carbonyl (C=O) groups is 1. The van der Waals surface area contributed by atoms with Crippen LogP contribution in [0.5, 0.6) is 0 Å². The Morgan fingerprint density at radius 3 is 2.81 bits per heavy atom. The Hall–Kier alpha value is -0.0900. The molecule has 0 aliphatic carbocycles. The Labute approximate surface area is 106 Å². The second-order valence-corrected chi connectivity index (χ2v) is 6.47.